The molecule has 0 atom stereocenters. The molecule has 1 saturated carbocycles. The number of hydrogen-bond acceptors (Lipinski definition) is 4. The highest BCUT2D eigenvalue weighted by Gasteiger charge is 2.38. The van der Waals surface area contributed by atoms with Crippen LogP contribution in [0.25, 0.3) is 0 Å². The van der Waals surface area contributed by atoms with Crippen LogP contribution in [0, 0.1) is 18.3 Å². The van der Waals surface area contributed by atoms with Crippen molar-refractivity contribution in [2.45, 2.75) is 49.5 Å². The summed E-state index contributed by atoms with van der Waals surface area (Å²) >= 11 is 0. The number of rotatable bonds is 3. The number of aryl methyl sites for hydroxylation is 1. The van der Waals surface area contributed by atoms with E-state index in [2.05, 4.69) is 6.07 Å². The lowest BCUT2D eigenvalue weighted by atomic mass is 9.86. The van der Waals surface area contributed by atoms with Crippen LogP contribution in [0.3, 0.4) is 0 Å². The van der Waals surface area contributed by atoms with Crippen molar-refractivity contribution >= 4 is 10.1 Å². The van der Waals surface area contributed by atoms with E-state index in [9.17, 15) is 13.7 Å². The van der Waals surface area contributed by atoms with E-state index >= 15 is 0 Å². The Morgan fingerprint density at radius 2 is 1.74 bits per heavy atom. The lowest BCUT2D eigenvalue weighted by molar-refractivity contribution is 0.0923. The van der Waals surface area contributed by atoms with Gasteiger partial charge in [-0.05, 0) is 44.7 Å². The summed E-state index contributed by atoms with van der Waals surface area (Å²) < 4.78 is 29.7. The minimum absolute atomic E-state index is 0.110. The van der Waals surface area contributed by atoms with Gasteiger partial charge in [-0.2, -0.15) is 13.7 Å². The van der Waals surface area contributed by atoms with Crippen LogP contribution in [0.5, 0.6) is 0 Å². The maximum absolute atomic E-state index is 12.2. The maximum Gasteiger partial charge on any atom is 0.298 e. The molecule has 0 heterocycles. The lowest BCUT2D eigenvalue weighted by Crippen LogP contribution is -2.35. The van der Waals surface area contributed by atoms with Gasteiger partial charge in [0.05, 0.1) is 11.0 Å². The molecule has 0 saturated heterocycles. The highest BCUT2D eigenvalue weighted by Crippen LogP contribution is 2.34. The first kappa shape index (κ1) is 14.0. The Bertz CT molecular complexity index is 578. The summed E-state index contributed by atoms with van der Waals surface area (Å²) in [6.07, 6.45) is 3.65. The Balaban J connectivity index is 2.25. The van der Waals surface area contributed by atoms with Gasteiger partial charge in [0, 0.05) is 0 Å². The third kappa shape index (κ3) is 3.14. The summed E-state index contributed by atoms with van der Waals surface area (Å²) in [6, 6.07) is 8.52. The predicted octanol–water partition coefficient (Wildman–Crippen LogP) is 2.93. The van der Waals surface area contributed by atoms with Crippen LogP contribution in [0.4, 0.5) is 0 Å². The zero-order valence-electron chi connectivity index (χ0n) is 10.9. The monoisotopic (exact) mass is 279 g/mol. The number of benzene rings is 1. The summed E-state index contributed by atoms with van der Waals surface area (Å²) in [7, 11) is -3.87. The van der Waals surface area contributed by atoms with E-state index in [0.717, 1.165) is 24.8 Å². The fourth-order valence-corrected chi connectivity index (χ4v) is 3.49. The fourth-order valence-electron chi connectivity index (χ4n) is 2.30. The third-order valence-electron chi connectivity index (χ3n) is 3.44. The van der Waals surface area contributed by atoms with E-state index in [-0.39, 0.29) is 4.90 Å². The average molecular weight is 279 g/mol. The van der Waals surface area contributed by atoms with E-state index in [1.165, 1.54) is 12.1 Å². The smallest absolute Gasteiger partial charge is 0.244 e. The molecule has 0 spiro atoms. The van der Waals surface area contributed by atoms with Crippen molar-refractivity contribution in [1.29, 1.82) is 5.26 Å². The largest absolute Gasteiger partial charge is 0.298 e. The van der Waals surface area contributed by atoms with Gasteiger partial charge in [-0.15, -0.1) is 0 Å². The SMILES string of the molecule is Cc1ccc(S(=O)(=O)OC2(C#N)CCCCC2)cc1. The Kier molecular flexibility index (Phi) is 3.93. The summed E-state index contributed by atoms with van der Waals surface area (Å²) in [5.74, 6) is 0. The molecule has 19 heavy (non-hydrogen) atoms. The summed E-state index contributed by atoms with van der Waals surface area (Å²) in [6.45, 7) is 1.88. The van der Waals surface area contributed by atoms with Crippen LogP contribution >= 0.6 is 0 Å². The normalized spacial score (nSPS) is 18.7. The molecule has 1 fully saturated rings. The van der Waals surface area contributed by atoms with Crippen molar-refractivity contribution in [3.8, 4) is 6.07 Å². The molecule has 0 bridgehead atoms. The quantitative estimate of drug-likeness (QED) is 0.798. The highest BCUT2D eigenvalue weighted by atomic mass is 32.2. The molecule has 1 aromatic rings. The van der Waals surface area contributed by atoms with Crippen molar-refractivity contribution < 1.29 is 12.6 Å². The maximum atomic E-state index is 12.2. The van der Waals surface area contributed by atoms with Gasteiger partial charge in [0.1, 0.15) is 0 Å². The Hall–Kier alpha value is -1.38. The Morgan fingerprint density at radius 1 is 1.16 bits per heavy atom. The lowest BCUT2D eigenvalue weighted by Gasteiger charge is -2.29. The number of nitrogens with zero attached hydrogens (tertiary/aromatic N) is 1. The van der Waals surface area contributed by atoms with Crippen molar-refractivity contribution in [1.82, 2.24) is 0 Å². The molecule has 1 aliphatic rings. The van der Waals surface area contributed by atoms with E-state index in [4.69, 9.17) is 4.18 Å². The van der Waals surface area contributed by atoms with Crippen molar-refractivity contribution in [2.75, 3.05) is 0 Å². The van der Waals surface area contributed by atoms with E-state index in [1.54, 1.807) is 12.1 Å². The van der Waals surface area contributed by atoms with Gasteiger partial charge >= 0.3 is 0 Å². The van der Waals surface area contributed by atoms with Gasteiger partial charge < -0.3 is 0 Å². The zero-order valence-corrected chi connectivity index (χ0v) is 11.7. The molecule has 1 aromatic carbocycles. The third-order valence-corrected chi connectivity index (χ3v) is 4.83. The molecule has 0 N–H and O–H groups in total. The zero-order chi connectivity index (χ0) is 13.9. The summed E-state index contributed by atoms with van der Waals surface area (Å²) in [5.41, 5.74) is -0.200. The second-order valence-electron chi connectivity index (χ2n) is 5.02. The molecule has 4 nitrogen and oxygen atoms in total. The average Bonchev–Trinajstić information content (AvgIpc) is 2.40. The van der Waals surface area contributed by atoms with Crippen LogP contribution in [0.2, 0.25) is 0 Å². The topological polar surface area (TPSA) is 67.2 Å². The number of hydrogen-bond donors (Lipinski definition) is 0. The molecule has 0 radical (unpaired) electrons. The highest BCUT2D eigenvalue weighted by molar-refractivity contribution is 7.86. The molecular formula is C14H17NO3S. The van der Waals surface area contributed by atoms with E-state index in [0.29, 0.717) is 12.8 Å². The van der Waals surface area contributed by atoms with Gasteiger partial charge in [0.15, 0.2) is 5.60 Å². The molecule has 0 unspecified atom stereocenters. The summed E-state index contributed by atoms with van der Waals surface area (Å²) in [5, 5.41) is 9.26. The van der Waals surface area contributed by atoms with E-state index in [1.807, 2.05) is 6.92 Å². The second kappa shape index (κ2) is 5.32. The Morgan fingerprint density at radius 3 is 2.26 bits per heavy atom. The molecule has 1 aliphatic carbocycles. The fraction of sp³-hybridized carbons (Fsp3) is 0.500. The first-order valence-corrected chi connectivity index (χ1v) is 7.82. The van der Waals surface area contributed by atoms with Gasteiger partial charge in [0.25, 0.3) is 10.1 Å². The molecule has 2 rings (SSSR count). The van der Waals surface area contributed by atoms with Crippen LogP contribution in [-0.2, 0) is 14.3 Å². The van der Waals surface area contributed by atoms with Gasteiger partial charge in [0.2, 0.25) is 0 Å². The first-order chi connectivity index (χ1) is 8.97. The second-order valence-corrected chi connectivity index (χ2v) is 6.56. The standard InChI is InChI=1S/C14H17NO3S/c1-12-5-7-13(8-6-12)19(16,17)18-14(11-15)9-3-2-4-10-14/h5-8H,2-4,9-10H2,1H3. The summed E-state index contributed by atoms with van der Waals surface area (Å²) in [4.78, 5) is 0.110. The predicted molar refractivity (Wildman–Crippen MR) is 70.9 cm³/mol. The van der Waals surface area contributed by atoms with Gasteiger partial charge in [-0.1, -0.05) is 24.1 Å². The molecule has 102 valence electrons. The van der Waals surface area contributed by atoms with Crippen LogP contribution in [0.15, 0.2) is 29.2 Å². The Labute approximate surface area is 114 Å². The minimum Gasteiger partial charge on any atom is -0.244 e. The first-order valence-electron chi connectivity index (χ1n) is 6.41. The van der Waals surface area contributed by atoms with Gasteiger partial charge in [-0.3, -0.25) is 0 Å². The molecule has 0 amide bonds. The minimum atomic E-state index is -3.87. The van der Waals surface area contributed by atoms with Gasteiger partial charge in [-0.25, -0.2) is 4.18 Å². The van der Waals surface area contributed by atoms with Crippen molar-refractivity contribution in [3.63, 3.8) is 0 Å². The number of nitriles is 1. The van der Waals surface area contributed by atoms with E-state index < -0.39 is 15.7 Å². The van der Waals surface area contributed by atoms with Crippen molar-refractivity contribution in [3.05, 3.63) is 29.8 Å². The van der Waals surface area contributed by atoms with Crippen LogP contribution in [-0.4, -0.2) is 14.0 Å². The molecule has 0 aliphatic heterocycles. The van der Waals surface area contributed by atoms with Crippen LogP contribution in [0.1, 0.15) is 37.7 Å². The molecule has 5 heteroatoms. The van der Waals surface area contributed by atoms with Crippen LogP contribution < -0.4 is 0 Å². The molecular weight excluding hydrogens is 262 g/mol. The molecule has 0 aromatic heterocycles. The van der Waals surface area contributed by atoms with Crippen molar-refractivity contribution in [2.24, 2.45) is 0 Å².